The second-order valence-corrected chi connectivity index (χ2v) is 5.18. The van der Waals surface area contributed by atoms with Gasteiger partial charge in [0.25, 0.3) is 0 Å². The molecule has 4 nitrogen and oxygen atoms in total. The number of benzene rings is 2. The van der Waals surface area contributed by atoms with Crippen LogP contribution in [0.2, 0.25) is 0 Å². The largest absolute Gasteiger partial charge is 0.493 e. The summed E-state index contributed by atoms with van der Waals surface area (Å²) < 4.78 is 5.73. The third-order valence-electron chi connectivity index (χ3n) is 3.34. The molecule has 0 spiro atoms. The molecular weight excluding hydrogens is 266 g/mol. The first-order valence-electron chi connectivity index (χ1n) is 6.80. The van der Waals surface area contributed by atoms with Crippen molar-refractivity contribution < 1.29 is 14.6 Å². The number of aliphatic carboxylic acids is 1. The maximum Gasteiger partial charge on any atom is 0.323 e. The number of hydrogen-bond acceptors (Lipinski definition) is 3. The summed E-state index contributed by atoms with van der Waals surface area (Å²) in [5.74, 6) is -0.299. The number of hydrogen-bond donors (Lipinski definition) is 2. The molecule has 110 valence electrons. The second kappa shape index (κ2) is 6.41. The van der Waals surface area contributed by atoms with Crippen LogP contribution in [-0.2, 0) is 4.79 Å². The summed E-state index contributed by atoms with van der Waals surface area (Å²) in [6, 6.07) is 17.6. The molecule has 0 heterocycles. The smallest absolute Gasteiger partial charge is 0.323 e. The van der Waals surface area contributed by atoms with Crippen molar-refractivity contribution in [3.63, 3.8) is 0 Å². The molecule has 4 heteroatoms. The first kappa shape index (κ1) is 15.1. The van der Waals surface area contributed by atoms with Crippen LogP contribution >= 0.6 is 0 Å². The maximum atomic E-state index is 11.0. The molecule has 21 heavy (non-hydrogen) atoms. The third kappa shape index (κ3) is 3.83. The highest BCUT2D eigenvalue weighted by Gasteiger charge is 2.27. The fourth-order valence-corrected chi connectivity index (χ4v) is 1.93. The van der Waals surface area contributed by atoms with Crippen molar-refractivity contribution in [1.82, 2.24) is 0 Å². The Kier molecular flexibility index (Phi) is 4.60. The Morgan fingerprint density at radius 3 is 2.43 bits per heavy atom. The maximum absolute atomic E-state index is 11.0. The van der Waals surface area contributed by atoms with E-state index in [0.717, 1.165) is 16.9 Å². The van der Waals surface area contributed by atoms with Crippen LogP contribution in [-0.4, -0.2) is 23.2 Å². The standard InChI is InChI=1S/C17H19NO3/c1-17(18,16(19)20)11-12-21-15-10-6-5-9-14(15)13-7-3-2-4-8-13/h2-10H,11-12,18H2,1H3,(H,19,20). The van der Waals surface area contributed by atoms with E-state index in [1.54, 1.807) is 0 Å². The molecule has 0 amide bonds. The Bertz CT molecular complexity index is 608. The van der Waals surface area contributed by atoms with Gasteiger partial charge in [-0.2, -0.15) is 0 Å². The van der Waals surface area contributed by atoms with Gasteiger partial charge in [0, 0.05) is 12.0 Å². The number of carboxylic acid groups (broad SMARTS) is 1. The molecule has 0 aliphatic heterocycles. The van der Waals surface area contributed by atoms with Gasteiger partial charge in [-0.25, -0.2) is 0 Å². The van der Waals surface area contributed by atoms with Gasteiger partial charge < -0.3 is 15.6 Å². The monoisotopic (exact) mass is 285 g/mol. The van der Waals surface area contributed by atoms with Crippen molar-refractivity contribution in [2.45, 2.75) is 18.9 Å². The number of carboxylic acids is 1. The minimum atomic E-state index is -1.28. The Morgan fingerprint density at radius 1 is 1.14 bits per heavy atom. The number of ether oxygens (including phenoxy) is 1. The van der Waals surface area contributed by atoms with Crippen LogP contribution in [0.5, 0.6) is 5.75 Å². The van der Waals surface area contributed by atoms with E-state index in [1.807, 2.05) is 54.6 Å². The van der Waals surface area contributed by atoms with Crippen LogP contribution in [0, 0.1) is 0 Å². The fraction of sp³-hybridized carbons (Fsp3) is 0.235. The second-order valence-electron chi connectivity index (χ2n) is 5.18. The van der Waals surface area contributed by atoms with Crippen molar-refractivity contribution in [1.29, 1.82) is 0 Å². The lowest BCUT2D eigenvalue weighted by molar-refractivity contribution is -0.143. The van der Waals surface area contributed by atoms with Crippen molar-refractivity contribution >= 4 is 5.97 Å². The molecule has 0 aliphatic rings. The van der Waals surface area contributed by atoms with E-state index in [0.29, 0.717) is 0 Å². The lowest BCUT2D eigenvalue weighted by Gasteiger charge is -2.19. The van der Waals surface area contributed by atoms with Gasteiger partial charge in [-0.3, -0.25) is 4.79 Å². The van der Waals surface area contributed by atoms with Crippen LogP contribution in [0.3, 0.4) is 0 Å². The zero-order valence-corrected chi connectivity index (χ0v) is 12.0. The first-order valence-corrected chi connectivity index (χ1v) is 6.80. The molecule has 0 fully saturated rings. The van der Waals surface area contributed by atoms with Crippen LogP contribution < -0.4 is 10.5 Å². The Morgan fingerprint density at radius 2 is 1.76 bits per heavy atom. The molecule has 2 aromatic carbocycles. The van der Waals surface area contributed by atoms with Gasteiger partial charge in [-0.05, 0) is 18.6 Å². The number of carbonyl (C=O) groups is 1. The predicted molar refractivity (Wildman–Crippen MR) is 82.2 cm³/mol. The minimum Gasteiger partial charge on any atom is -0.493 e. The minimum absolute atomic E-state index is 0.242. The molecule has 0 aromatic heterocycles. The molecule has 0 saturated heterocycles. The Hall–Kier alpha value is -2.33. The first-order chi connectivity index (χ1) is 10.0. The van der Waals surface area contributed by atoms with Crippen LogP contribution in [0.4, 0.5) is 0 Å². The van der Waals surface area contributed by atoms with Crippen molar-refractivity contribution in [2.75, 3.05) is 6.61 Å². The van der Waals surface area contributed by atoms with E-state index < -0.39 is 11.5 Å². The van der Waals surface area contributed by atoms with Gasteiger partial charge in [0.15, 0.2) is 0 Å². The molecule has 3 N–H and O–H groups in total. The van der Waals surface area contributed by atoms with Gasteiger partial charge in [-0.1, -0.05) is 48.5 Å². The van der Waals surface area contributed by atoms with Gasteiger partial charge in [0.05, 0.1) is 6.61 Å². The predicted octanol–water partition coefficient (Wildman–Crippen LogP) is 2.92. The van der Waals surface area contributed by atoms with Gasteiger partial charge in [0.1, 0.15) is 11.3 Å². The van der Waals surface area contributed by atoms with Crippen LogP contribution in [0.1, 0.15) is 13.3 Å². The third-order valence-corrected chi connectivity index (χ3v) is 3.34. The number of para-hydroxylation sites is 1. The molecule has 0 radical (unpaired) electrons. The quantitative estimate of drug-likeness (QED) is 0.856. The van der Waals surface area contributed by atoms with E-state index in [4.69, 9.17) is 15.6 Å². The van der Waals surface area contributed by atoms with Crippen LogP contribution in [0.25, 0.3) is 11.1 Å². The zero-order valence-electron chi connectivity index (χ0n) is 12.0. The molecule has 2 rings (SSSR count). The topological polar surface area (TPSA) is 72.5 Å². The van der Waals surface area contributed by atoms with Crippen molar-refractivity contribution in [3.8, 4) is 16.9 Å². The Balaban J connectivity index is 2.10. The lowest BCUT2D eigenvalue weighted by atomic mass is 10.0. The number of nitrogens with two attached hydrogens (primary N) is 1. The summed E-state index contributed by atoms with van der Waals surface area (Å²) in [4.78, 5) is 11.0. The highest BCUT2D eigenvalue weighted by atomic mass is 16.5. The highest BCUT2D eigenvalue weighted by Crippen LogP contribution is 2.29. The normalized spacial score (nSPS) is 13.4. The highest BCUT2D eigenvalue weighted by molar-refractivity contribution is 5.77. The summed E-state index contributed by atoms with van der Waals surface area (Å²) in [6.07, 6.45) is 0.242. The van der Waals surface area contributed by atoms with Gasteiger partial charge >= 0.3 is 5.97 Å². The van der Waals surface area contributed by atoms with Crippen molar-refractivity contribution in [2.24, 2.45) is 5.73 Å². The zero-order chi connectivity index (χ0) is 15.3. The lowest BCUT2D eigenvalue weighted by Crippen LogP contribution is -2.45. The molecular formula is C17H19NO3. The van der Waals surface area contributed by atoms with E-state index in [-0.39, 0.29) is 13.0 Å². The fourth-order valence-electron chi connectivity index (χ4n) is 1.93. The summed E-state index contributed by atoms with van der Waals surface area (Å²) in [5, 5.41) is 8.99. The summed E-state index contributed by atoms with van der Waals surface area (Å²) in [5.41, 5.74) is 6.45. The van der Waals surface area contributed by atoms with E-state index in [2.05, 4.69) is 0 Å². The summed E-state index contributed by atoms with van der Waals surface area (Å²) in [7, 11) is 0. The van der Waals surface area contributed by atoms with Gasteiger partial charge in [-0.15, -0.1) is 0 Å². The summed E-state index contributed by atoms with van der Waals surface area (Å²) in [6.45, 7) is 1.74. The van der Waals surface area contributed by atoms with E-state index >= 15 is 0 Å². The van der Waals surface area contributed by atoms with Crippen LogP contribution in [0.15, 0.2) is 54.6 Å². The molecule has 1 atom stereocenters. The number of rotatable bonds is 6. The van der Waals surface area contributed by atoms with E-state index in [1.165, 1.54) is 6.92 Å². The molecule has 0 bridgehead atoms. The molecule has 0 aliphatic carbocycles. The Labute approximate surface area is 124 Å². The molecule has 2 aromatic rings. The summed E-state index contributed by atoms with van der Waals surface area (Å²) >= 11 is 0. The average Bonchev–Trinajstić information content (AvgIpc) is 2.48. The van der Waals surface area contributed by atoms with E-state index in [9.17, 15) is 4.79 Å². The van der Waals surface area contributed by atoms with Gasteiger partial charge in [0.2, 0.25) is 0 Å². The molecule has 1 unspecified atom stereocenters. The average molecular weight is 285 g/mol. The van der Waals surface area contributed by atoms with Crippen molar-refractivity contribution in [3.05, 3.63) is 54.6 Å². The molecule has 0 saturated carbocycles. The SMILES string of the molecule is CC(N)(CCOc1ccccc1-c1ccccc1)C(=O)O.